The number of nitrogens with zero attached hydrogens (tertiary/aromatic N) is 2. The van der Waals surface area contributed by atoms with E-state index in [9.17, 15) is 19.3 Å². The Morgan fingerprint density at radius 3 is 2.81 bits per heavy atom. The summed E-state index contributed by atoms with van der Waals surface area (Å²) in [6, 6.07) is 9.90. The van der Waals surface area contributed by atoms with E-state index in [2.05, 4.69) is 4.98 Å². The van der Waals surface area contributed by atoms with E-state index in [1.54, 1.807) is 17.5 Å². The van der Waals surface area contributed by atoms with E-state index in [4.69, 9.17) is 9.47 Å². The van der Waals surface area contributed by atoms with E-state index >= 15 is 0 Å². The minimum Gasteiger partial charge on any atom is -0.496 e. The second kappa shape index (κ2) is 7.92. The van der Waals surface area contributed by atoms with Gasteiger partial charge in [0.15, 0.2) is 0 Å². The number of rotatable bonds is 6. The molecule has 0 saturated heterocycles. The predicted octanol–water partition coefficient (Wildman–Crippen LogP) is 4.01. The third-order valence-electron chi connectivity index (χ3n) is 3.54. The maximum atomic E-state index is 13.3. The molecule has 0 unspecified atom stereocenters. The SMILES string of the molecule is COc1ccc(OC(=O)Cc2csc(-c3cccc(F)c3)n2)c([N+](=O)[O-])c1. The van der Waals surface area contributed by atoms with E-state index in [-0.39, 0.29) is 29.4 Å². The summed E-state index contributed by atoms with van der Waals surface area (Å²) < 4.78 is 23.4. The Hall–Kier alpha value is -3.33. The van der Waals surface area contributed by atoms with Crippen LogP contribution in [0.1, 0.15) is 5.69 Å². The smallest absolute Gasteiger partial charge is 0.317 e. The number of ether oxygens (including phenoxy) is 2. The van der Waals surface area contributed by atoms with E-state index in [0.717, 1.165) is 0 Å². The number of nitro benzene ring substituents is 1. The fourth-order valence-corrected chi connectivity index (χ4v) is 3.12. The first kappa shape index (κ1) is 18.5. The number of nitro groups is 1. The maximum Gasteiger partial charge on any atom is 0.317 e. The molecule has 0 amide bonds. The van der Waals surface area contributed by atoms with Crippen molar-refractivity contribution in [2.75, 3.05) is 7.11 Å². The summed E-state index contributed by atoms with van der Waals surface area (Å²) in [6.45, 7) is 0. The van der Waals surface area contributed by atoms with Crippen LogP contribution in [0.5, 0.6) is 11.5 Å². The molecule has 0 aliphatic heterocycles. The molecule has 0 atom stereocenters. The number of hydrogen-bond acceptors (Lipinski definition) is 7. The zero-order chi connectivity index (χ0) is 19.4. The van der Waals surface area contributed by atoms with Crippen molar-refractivity contribution in [2.45, 2.75) is 6.42 Å². The highest BCUT2D eigenvalue weighted by Gasteiger charge is 2.20. The van der Waals surface area contributed by atoms with Crippen LogP contribution in [-0.4, -0.2) is 23.0 Å². The van der Waals surface area contributed by atoms with Crippen LogP contribution < -0.4 is 9.47 Å². The third-order valence-corrected chi connectivity index (χ3v) is 4.48. The van der Waals surface area contributed by atoms with E-state index in [1.165, 1.54) is 48.8 Å². The summed E-state index contributed by atoms with van der Waals surface area (Å²) in [4.78, 5) is 26.9. The number of carbonyl (C=O) groups excluding carboxylic acids is 1. The van der Waals surface area contributed by atoms with Crippen molar-refractivity contribution in [3.8, 4) is 22.1 Å². The first-order valence-electron chi connectivity index (χ1n) is 7.69. The lowest BCUT2D eigenvalue weighted by Crippen LogP contribution is -2.12. The van der Waals surface area contributed by atoms with Crippen LogP contribution in [0.3, 0.4) is 0 Å². The number of carbonyl (C=O) groups is 1. The lowest BCUT2D eigenvalue weighted by Gasteiger charge is -2.06. The van der Waals surface area contributed by atoms with Gasteiger partial charge >= 0.3 is 11.7 Å². The number of hydrogen-bond donors (Lipinski definition) is 0. The Labute approximate surface area is 157 Å². The number of aromatic nitrogens is 1. The molecule has 0 saturated carbocycles. The summed E-state index contributed by atoms with van der Waals surface area (Å²) in [6.07, 6.45) is -0.172. The lowest BCUT2D eigenvalue weighted by atomic mass is 10.2. The molecule has 0 spiro atoms. The van der Waals surface area contributed by atoms with Gasteiger partial charge in [0.2, 0.25) is 5.75 Å². The predicted molar refractivity (Wildman–Crippen MR) is 96.5 cm³/mol. The number of benzene rings is 2. The molecule has 2 aromatic carbocycles. The Morgan fingerprint density at radius 1 is 1.30 bits per heavy atom. The molecule has 9 heteroatoms. The van der Waals surface area contributed by atoms with Gasteiger partial charge < -0.3 is 9.47 Å². The average molecular weight is 388 g/mol. The van der Waals surface area contributed by atoms with Gasteiger partial charge in [0.25, 0.3) is 0 Å². The van der Waals surface area contributed by atoms with Gasteiger partial charge in [0.05, 0.1) is 30.2 Å². The topological polar surface area (TPSA) is 91.6 Å². The fourth-order valence-electron chi connectivity index (χ4n) is 2.30. The monoisotopic (exact) mass is 388 g/mol. The number of esters is 1. The molecule has 0 aliphatic carbocycles. The molecule has 0 fully saturated rings. The molecule has 0 bridgehead atoms. The van der Waals surface area contributed by atoms with Crippen LogP contribution in [0.4, 0.5) is 10.1 Å². The van der Waals surface area contributed by atoms with Crippen LogP contribution in [0.25, 0.3) is 10.6 Å². The molecule has 1 aromatic heterocycles. The van der Waals surface area contributed by atoms with Crippen LogP contribution in [0, 0.1) is 15.9 Å². The van der Waals surface area contributed by atoms with Gasteiger partial charge in [0.1, 0.15) is 16.6 Å². The quantitative estimate of drug-likeness (QED) is 0.274. The second-order valence-electron chi connectivity index (χ2n) is 5.40. The normalized spacial score (nSPS) is 10.4. The van der Waals surface area contributed by atoms with Crippen LogP contribution in [0.15, 0.2) is 47.8 Å². The number of thiazole rings is 1. The number of halogens is 1. The van der Waals surface area contributed by atoms with Gasteiger partial charge in [-0.2, -0.15) is 0 Å². The largest absolute Gasteiger partial charge is 0.496 e. The summed E-state index contributed by atoms with van der Waals surface area (Å²) in [5.41, 5.74) is 0.660. The summed E-state index contributed by atoms with van der Waals surface area (Å²) in [5, 5.41) is 13.4. The van der Waals surface area contributed by atoms with Crippen molar-refractivity contribution in [1.82, 2.24) is 4.98 Å². The van der Waals surface area contributed by atoms with Gasteiger partial charge in [-0.3, -0.25) is 14.9 Å². The summed E-state index contributed by atoms with van der Waals surface area (Å²) in [5.74, 6) is -0.970. The van der Waals surface area contributed by atoms with E-state index < -0.39 is 10.9 Å². The molecule has 0 radical (unpaired) electrons. The maximum absolute atomic E-state index is 13.3. The van der Waals surface area contributed by atoms with Crippen molar-refractivity contribution >= 4 is 23.0 Å². The second-order valence-corrected chi connectivity index (χ2v) is 6.25. The van der Waals surface area contributed by atoms with Crippen LogP contribution in [-0.2, 0) is 11.2 Å². The van der Waals surface area contributed by atoms with Crippen molar-refractivity contribution in [2.24, 2.45) is 0 Å². The number of methoxy groups -OCH3 is 1. The molecule has 3 aromatic rings. The minimum absolute atomic E-state index is 0.172. The molecule has 27 heavy (non-hydrogen) atoms. The highest BCUT2D eigenvalue weighted by atomic mass is 32.1. The van der Waals surface area contributed by atoms with Gasteiger partial charge in [-0.15, -0.1) is 11.3 Å². The molecule has 0 N–H and O–H groups in total. The van der Waals surface area contributed by atoms with Gasteiger partial charge in [-0.25, -0.2) is 9.37 Å². The zero-order valence-corrected chi connectivity index (χ0v) is 14.9. The Balaban J connectivity index is 1.73. The van der Waals surface area contributed by atoms with Gasteiger partial charge in [-0.1, -0.05) is 12.1 Å². The minimum atomic E-state index is -0.695. The zero-order valence-electron chi connectivity index (χ0n) is 14.0. The van der Waals surface area contributed by atoms with Gasteiger partial charge in [0, 0.05) is 10.9 Å². The third kappa shape index (κ3) is 4.45. The highest BCUT2D eigenvalue weighted by molar-refractivity contribution is 7.13. The standard InChI is InChI=1S/C18H13FN2O5S/c1-25-14-5-6-16(15(9-14)21(23)24)26-17(22)8-13-10-27-18(20-13)11-3-2-4-12(19)7-11/h2-7,9-10H,8H2,1H3. The van der Waals surface area contributed by atoms with Gasteiger partial charge in [-0.05, 0) is 24.3 Å². The van der Waals surface area contributed by atoms with Crippen molar-refractivity contribution < 1.29 is 23.6 Å². The average Bonchev–Trinajstić information content (AvgIpc) is 3.10. The summed E-state index contributed by atoms with van der Waals surface area (Å²) >= 11 is 1.26. The molecule has 3 rings (SSSR count). The van der Waals surface area contributed by atoms with Crippen LogP contribution >= 0.6 is 11.3 Å². The fraction of sp³-hybridized carbons (Fsp3) is 0.111. The Kier molecular flexibility index (Phi) is 5.41. The molecule has 7 nitrogen and oxygen atoms in total. The highest BCUT2D eigenvalue weighted by Crippen LogP contribution is 2.31. The molecule has 0 aliphatic rings. The van der Waals surface area contributed by atoms with E-state index in [0.29, 0.717) is 16.3 Å². The lowest BCUT2D eigenvalue weighted by molar-refractivity contribution is -0.385. The molecule has 1 heterocycles. The van der Waals surface area contributed by atoms with Crippen LogP contribution in [0.2, 0.25) is 0 Å². The van der Waals surface area contributed by atoms with Crippen molar-refractivity contribution in [1.29, 1.82) is 0 Å². The Bertz CT molecular complexity index is 1000. The van der Waals surface area contributed by atoms with E-state index in [1.807, 2.05) is 0 Å². The van der Waals surface area contributed by atoms with Crippen molar-refractivity contribution in [3.05, 3.63) is 69.5 Å². The molecular formula is C18H13FN2O5S. The van der Waals surface area contributed by atoms with Crippen molar-refractivity contribution in [3.63, 3.8) is 0 Å². The first-order chi connectivity index (χ1) is 13.0. The Morgan fingerprint density at radius 2 is 2.11 bits per heavy atom. The first-order valence-corrected chi connectivity index (χ1v) is 8.57. The summed E-state index contributed by atoms with van der Waals surface area (Å²) in [7, 11) is 1.38. The molecule has 138 valence electrons. The molecular weight excluding hydrogens is 375 g/mol.